The summed E-state index contributed by atoms with van der Waals surface area (Å²) in [7, 11) is 0. The Bertz CT molecular complexity index is 347. The number of amides is 3. The summed E-state index contributed by atoms with van der Waals surface area (Å²) >= 11 is 0. The molecule has 0 radical (unpaired) electrons. The Morgan fingerprint density at radius 2 is 1.90 bits per heavy atom. The minimum Gasteiger partial charge on any atom is -0.444 e. The molecule has 7 heteroatoms. The highest BCUT2D eigenvalue weighted by Crippen LogP contribution is 2.10. The highest BCUT2D eigenvalue weighted by molar-refractivity contribution is 5.71. The number of ether oxygens (including phenoxy) is 1. The Kier molecular flexibility index (Phi) is 6.74. The summed E-state index contributed by atoms with van der Waals surface area (Å²) in [5.74, 6) is 0. The number of nitrogens with zero attached hydrogens (tertiary/aromatic N) is 1. The number of primary amides is 1. The summed E-state index contributed by atoms with van der Waals surface area (Å²) in [4.78, 5) is 24.6. The van der Waals surface area contributed by atoms with Gasteiger partial charge in [0, 0.05) is 25.7 Å². The van der Waals surface area contributed by atoms with Gasteiger partial charge in [-0.3, -0.25) is 0 Å². The fraction of sp³-hybridized carbons (Fsp3) is 0.857. The summed E-state index contributed by atoms with van der Waals surface area (Å²) in [5, 5.41) is 5.50. The minimum absolute atomic E-state index is 0.193. The van der Waals surface area contributed by atoms with E-state index in [4.69, 9.17) is 10.5 Å². The van der Waals surface area contributed by atoms with Crippen LogP contribution >= 0.6 is 0 Å². The third kappa shape index (κ3) is 8.39. The van der Waals surface area contributed by atoms with Gasteiger partial charge in [-0.2, -0.15) is 0 Å². The molecule has 1 aliphatic rings. The zero-order chi connectivity index (χ0) is 15.9. The van der Waals surface area contributed by atoms with E-state index in [-0.39, 0.29) is 12.1 Å². The highest BCUT2D eigenvalue weighted by atomic mass is 16.6. The number of carbonyl (C=O) groups excluding carboxylic acids is 2. The largest absolute Gasteiger partial charge is 0.444 e. The van der Waals surface area contributed by atoms with Crippen LogP contribution in [0.2, 0.25) is 0 Å². The Hall–Kier alpha value is -1.50. The lowest BCUT2D eigenvalue weighted by Crippen LogP contribution is -2.46. The lowest BCUT2D eigenvalue weighted by molar-refractivity contribution is 0.0525. The van der Waals surface area contributed by atoms with E-state index in [1.807, 2.05) is 20.8 Å². The molecule has 1 rings (SSSR count). The summed E-state index contributed by atoms with van der Waals surface area (Å²) < 4.78 is 5.17. The van der Waals surface area contributed by atoms with Crippen molar-refractivity contribution in [3.63, 3.8) is 0 Å². The molecule has 0 aromatic heterocycles. The maximum Gasteiger partial charge on any atom is 0.407 e. The Morgan fingerprint density at radius 1 is 1.29 bits per heavy atom. The van der Waals surface area contributed by atoms with Crippen molar-refractivity contribution in [1.29, 1.82) is 0 Å². The molecule has 0 atom stereocenters. The summed E-state index contributed by atoms with van der Waals surface area (Å²) in [6, 6.07) is -0.256. The van der Waals surface area contributed by atoms with Gasteiger partial charge >= 0.3 is 12.1 Å². The van der Waals surface area contributed by atoms with Crippen LogP contribution in [0.1, 0.15) is 40.0 Å². The zero-order valence-electron chi connectivity index (χ0n) is 13.3. The summed E-state index contributed by atoms with van der Waals surface area (Å²) in [6.45, 7) is 8.95. The first-order valence-electron chi connectivity index (χ1n) is 7.51. The first-order valence-corrected chi connectivity index (χ1v) is 7.51. The smallest absolute Gasteiger partial charge is 0.407 e. The van der Waals surface area contributed by atoms with E-state index in [9.17, 15) is 9.59 Å². The van der Waals surface area contributed by atoms with Crippen molar-refractivity contribution in [1.82, 2.24) is 15.5 Å². The van der Waals surface area contributed by atoms with Crippen molar-refractivity contribution in [3.8, 4) is 0 Å². The predicted octanol–water partition coefficient (Wildman–Crippen LogP) is 1.03. The van der Waals surface area contributed by atoms with Crippen molar-refractivity contribution >= 4 is 12.1 Å². The minimum atomic E-state index is -0.459. The standard InChI is InChI=1S/C14H28N4O3/c1-14(2,3)21-13(20)16-7-4-8-18-9-5-11(6-10-18)17-12(15)19/h11H,4-10H2,1-3H3,(H,16,20)(H3,15,17,19). The molecule has 21 heavy (non-hydrogen) atoms. The van der Waals surface area contributed by atoms with Gasteiger partial charge in [0.2, 0.25) is 0 Å². The second-order valence-corrected chi connectivity index (χ2v) is 6.41. The number of likely N-dealkylation sites (tertiary alicyclic amines) is 1. The topological polar surface area (TPSA) is 96.7 Å². The molecule has 0 aliphatic carbocycles. The molecule has 0 bridgehead atoms. The van der Waals surface area contributed by atoms with Gasteiger partial charge in [-0.05, 0) is 46.6 Å². The van der Waals surface area contributed by atoms with Crippen LogP contribution in [0.5, 0.6) is 0 Å². The average Bonchev–Trinajstić information content (AvgIpc) is 2.34. The number of nitrogens with one attached hydrogen (secondary N) is 2. The zero-order valence-corrected chi connectivity index (χ0v) is 13.3. The van der Waals surface area contributed by atoms with Gasteiger partial charge in [0.25, 0.3) is 0 Å². The fourth-order valence-electron chi connectivity index (χ4n) is 2.31. The quantitative estimate of drug-likeness (QED) is 0.661. The molecule has 1 fully saturated rings. The number of urea groups is 1. The number of hydrogen-bond donors (Lipinski definition) is 3. The van der Waals surface area contributed by atoms with Crippen molar-refractivity contribution in [2.24, 2.45) is 5.73 Å². The maximum atomic E-state index is 11.5. The van der Waals surface area contributed by atoms with Gasteiger partial charge < -0.3 is 26.0 Å². The summed E-state index contributed by atoms with van der Waals surface area (Å²) in [6.07, 6.45) is 2.35. The fourth-order valence-corrected chi connectivity index (χ4v) is 2.31. The van der Waals surface area contributed by atoms with Crippen LogP contribution < -0.4 is 16.4 Å². The van der Waals surface area contributed by atoms with E-state index >= 15 is 0 Å². The summed E-state index contributed by atoms with van der Waals surface area (Å²) in [5.41, 5.74) is 4.65. The number of carbonyl (C=O) groups is 2. The van der Waals surface area contributed by atoms with Crippen LogP contribution in [0, 0.1) is 0 Å². The molecule has 0 aromatic carbocycles. The number of nitrogens with two attached hydrogens (primary N) is 1. The monoisotopic (exact) mass is 300 g/mol. The van der Waals surface area contributed by atoms with E-state index in [2.05, 4.69) is 15.5 Å². The van der Waals surface area contributed by atoms with E-state index < -0.39 is 11.6 Å². The Balaban J connectivity index is 2.07. The van der Waals surface area contributed by atoms with Crippen LogP contribution in [-0.4, -0.2) is 54.8 Å². The van der Waals surface area contributed by atoms with Crippen LogP contribution in [0.25, 0.3) is 0 Å². The molecule has 1 aliphatic heterocycles. The van der Waals surface area contributed by atoms with Gasteiger partial charge in [0.05, 0.1) is 0 Å². The first kappa shape index (κ1) is 17.6. The molecule has 122 valence electrons. The molecule has 1 saturated heterocycles. The lowest BCUT2D eigenvalue weighted by Gasteiger charge is -2.31. The molecule has 3 amide bonds. The van der Waals surface area contributed by atoms with Crippen molar-refractivity contribution in [2.45, 2.75) is 51.7 Å². The van der Waals surface area contributed by atoms with Crippen molar-refractivity contribution in [3.05, 3.63) is 0 Å². The normalized spacial score (nSPS) is 17.3. The predicted molar refractivity (Wildman–Crippen MR) is 81.0 cm³/mol. The van der Waals surface area contributed by atoms with Gasteiger partial charge in [-0.15, -0.1) is 0 Å². The highest BCUT2D eigenvalue weighted by Gasteiger charge is 2.19. The van der Waals surface area contributed by atoms with Gasteiger partial charge in [0.15, 0.2) is 0 Å². The molecule has 0 aromatic rings. The van der Waals surface area contributed by atoms with Gasteiger partial charge in [-0.1, -0.05) is 0 Å². The van der Waals surface area contributed by atoms with Crippen LogP contribution in [0.15, 0.2) is 0 Å². The molecule has 1 heterocycles. The van der Waals surface area contributed by atoms with Crippen LogP contribution in [0.3, 0.4) is 0 Å². The molecular formula is C14H28N4O3. The lowest BCUT2D eigenvalue weighted by atomic mass is 10.1. The second-order valence-electron chi connectivity index (χ2n) is 6.41. The third-order valence-electron chi connectivity index (χ3n) is 3.25. The first-order chi connectivity index (χ1) is 9.76. The van der Waals surface area contributed by atoms with E-state index in [1.165, 1.54) is 0 Å². The van der Waals surface area contributed by atoms with Crippen LogP contribution in [0.4, 0.5) is 9.59 Å². The maximum absolute atomic E-state index is 11.5. The second kappa shape index (κ2) is 8.07. The number of alkyl carbamates (subject to hydrolysis) is 1. The molecule has 0 spiro atoms. The molecule has 0 saturated carbocycles. The van der Waals surface area contributed by atoms with Crippen LogP contribution in [-0.2, 0) is 4.74 Å². The van der Waals surface area contributed by atoms with E-state index in [0.717, 1.165) is 38.9 Å². The van der Waals surface area contributed by atoms with Gasteiger partial charge in [-0.25, -0.2) is 9.59 Å². The number of rotatable bonds is 5. The third-order valence-corrected chi connectivity index (χ3v) is 3.25. The Morgan fingerprint density at radius 3 is 2.43 bits per heavy atom. The SMILES string of the molecule is CC(C)(C)OC(=O)NCCCN1CCC(NC(N)=O)CC1. The van der Waals surface area contributed by atoms with Gasteiger partial charge in [0.1, 0.15) is 5.60 Å². The molecule has 7 nitrogen and oxygen atoms in total. The molecular weight excluding hydrogens is 272 g/mol. The van der Waals surface area contributed by atoms with E-state index in [1.54, 1.807) is 0 Å². The molecule has 4 N–H and O–H groups in total. The van der Waals surface area contributed by atoms with E-state index in [0.29, 0.717) is 6.54 Å². The Labute approximate surface area is 126 Å². The molecule has 0 unspecified atom stereocenters. The van der Waals surface area contributed by atoms with Crippen molar-refractivity contribution in [2.75, 3.05) is 26.2 Å². The average molecular weight is 300 g/mol. The van der Waals surface area contributed by atoms with Crippen molar-refractivity contribution < 1.29 is 14.3 Å². The number of hydrogen-bond acceptors (Lipinski definition) is 4. The number of piperidine rings is 1.